The molecule has 0 aromatic heterocycles. The lowest BCUT2D eigenvalue weighted by Gasteiger charge is -2.32. The van der Waals surface area contributed by atoms with Gasteiger partial charge in [-0.25, -0.2) is 8.42 Å². The van der Waals surface area contributed by atoms with Crippen molar-refractivity contribution in [2.24, 2.45) is 0 Å². The Morgan fingerprint density at radius 3 is 2.45 bits per heavy atom. The first-order valence-corrected chi connectivity index (χ1v) is 12.5. The summed E-state index contributed by atoms with van der Waals surface area (Å²) >= 11 is 12.3. The minimum absolute atomic E-state index is 0.0449. The normalized spacial score (nSPS) is 15.6. The van der Waals surface area contributed by atoms with Crippen molar-refractivity contribution >= 4 is 44.8 Å². The summed E-state index contributed by atoms with van der Waals surface area (Å²) in [7, 11) is -3.92. The van der Waals surface area contributed by atoms with Gasteiger partial charge in [-0.3, -0.25) is 9.52 Å². The summed E-state index contributed by atoms with van der Waals surface area (Å²) in [6.45, 7) is 6.91. The summed E-state index contributed by atoms with van der Waals surface area (Å²) in [5.41, 5.74) is 1.33. The third-order valence-electron chi connectivity index (χ3n) is 5.38. The maximum atomic E-state index is 12.8. The average Bonchev–Trinajstić information content (AvgIpc) is 2.72. The quantitative estimate of drug-likeness (QED) is 0.597. The number of sulfonamides is 1. The van der Waals surface area contributed by atoms with E-state index in [2.05, 4.69) is 21.9 Å². The minimum Gasteiger partial charge on any atom is -0.349 e. The number of amides is 1. The van der Waals surface area contributed by atoms with Gasteiger partial charge in [0, 0.05) is 24.2 Å². The summed E-state index contributed by atoms with van der Waals surface area (Å²) in [5.74, 6) is -0.366. The number of rotatable bonds is 7. The second-order valence-electron chi connectivity index (χ2n) is 7.80. The fourth-order valence-corrected chi connectivity index (χ4v) is 5.06. The Labute approximate surface area is 194 Å². The van der Waals surface area contributed by atoms with Crippen molar-refractivity contribution in [1.29, 1.82) is 0 Å². The van der Waals surface area contributed by atoms with Crippen molar-refractivity contribution < 1.29 is 13.2 Å². The molecule has 31 heavy (non-hydrogen) atoms. The molecule has 0 atom stereocenters. The summed E-state index contributed by atoms with van der Waals surface area (Å²) < 4.78 is 28.2. The van der Waals surface area contributed by atoms with Gasteiger partial charge in [-0.1, -0.05) is 36.2 Å². The third kappa shape index (κ3) is 6.13. The van der Waals surface area contributed by atoms with E-state index in [4.69, 9.17) is 23.2 Å². The molecule has 1 amide bonds. The zero-order valence-electron chi connectivity index (χ0n) is 17.6. The fourth-order valence-electron chi connectivity index (χ4n) is 3.60. The van der Waals surface area contributed by atoms with Crippen LogP contribution in [-0.2, 0) is 10.0 Å². The number of likely N-dealkylation sites (tertiary alicyclic amines) is 1. The van der Waals surface area contributed by atoms with E-state index in [1.54, 1.807) is 18.2 Å². The van der Waals surface area contributed by atoms with Gasteiger partial charge in [0.1, 0.15) is 0 Å². The van der Waals surface area contributed by atoms with Crippen molar-refractivity contribution in [3.05, 3.63) is 57.6 Å². The van der Waals surface area contributed by atoms with E-state index in [1.165, 1.54) is 18.2 Å². The molecule has 0 radical (unpaired) electrons. The average molecular weight is 484 g/mol. The van der Waals surface area contributed by atoms with E-state index in [-0.39, 0.29) is 27.4 Å². The van der Waals surface area contributed by atoms with Crippen molar-refractivity contribution in [3.8, 4) is 0 Å². The third-order valence-corrected chi connectivity index (χ3v) is 7.50. The zero-order valence-corrected chi connectivity index (χ0v) is 19.9. The van der Waals surface area contributed by atoms with Crippen LogP contribution in [0.3, 0.4) is 0 Å². The Morgan fingerprint density at radius 2 is 1.81 bits per heavy atom. The molecule has 0 unspecified atom stereocenters. The van der Waals surface area contributed by atoms with E-state index in [0.29, 0.717) is 10.7 Å². The number of benzene rings is 2. The molecule has 0 bridgehead atoms. The van der Waals surface area contributed by atoms with Crippen LogP contribution in [-0.4, -0.2) is 44.9 Å². The molecular formula is C22H27Cl2N3O3S. The first-order valence-electron chi connectivity index (χ1n) is 10.3. The lowest BCUT2D eigenvalue weighted by molar-refractivity contribution is 0.0911. The molecule has 3 rings (SSSR count). The van der Waals surface area contributed by atoms with Gasteiger partial charge < -0.3 is 10.2 Å². The van der Waals surface area contributed by atoms with Crippen molar-refractivity contribution in [3.63, 3.8) is 0 Å². The number of nitrogens with zero attached hydrogens (tertiary/aromatic N) is 1. The molecule has 1 aliphatic rings. The lowest BCUT2D eigenvalue weighted by atomic mass is 10.0. The molecule has 1 saturated heterocycles. The van der Waals surface area contributed by atoms with Crippen LogP contribution in [0.15, 0.2) is 41.3 Å². The van der Waals surface area contributed by atoms with Gasteiger partial charge in [-0.15, -0.1) is 0 Å². The number of nitrogens with one attached hydrogen (secondary N) is 2. The predicted molar refractivity (Wildman–Crippen MR) is 126 cm³/mol. The molecule has 9 heteroatoms. The Balaban J connectivity index is 1.73. The van der Waals surface area contributed by atoms with Crippen LogP contribution < -0.4 is 10.0 Å². The molecule has 2 aromatic rings. The number of aryl methyl sites for hydroxylation is 1. The molecule has 0 spiro atoms. The first kappa shape index (κ1) is 23.9. The lowest BCUT2D eigenvalue weighted by Crippen LogP contribution is -2.44. The summed E-state index contributed by atoms with van der Waals surface area (Å²) in [5, 5.41) is 3.66. The first-order chi connectivity index (χ1) is 14.7. The standard InChI is InChI=1S/C22H27Cl2N3O3S/c1-3-10-27-11-8-16(9-12-27)25-22(28)19-14-18(6-7-20(19)23)31(29,30)26-17-5-4-15(2)21(24)13-17/h4-7,13-14,16,26H,3,8-12H2,1-2H3,(H,25,28). The van der Waals surface area contributed by atoms with Crippen LogP contribution in [0.1, 0.15) is 42.1 Å². The SMILES string of the molecule is CCCN1CCC(NC(=O)c2cc(S(=O)(=O)Nc3ccc(C)c(Cl)c3)ccc2Cl)CC1. The highest BCUT2D eigenvalue weighted by atomic mass is 35.5. The molecule has 1 fully saturated rings. The Bertz CT molecular complexity index is 1050. The van der Waals surface area contributed by atoms with Crippen LogP contribution in [0.2, 0.25) is 10.0 Å². The van der Waals surface area contributed by atoms with E-state index in [9.17, 15) is 13.2 Å². The van der Waals surface area contributed by atoms with E-state index in [0.717, 1.165) is 44.5 Å². The van der Waals surface area contributed by atoms with Crippen LogP contribution in [0.5, 0.6) is 0 Å². The highest BCUT2D eigenvalue weighted by Gasteiger charge is 2.23. The molecule has 2 N–H and O–H groups in total. The van der Waals surface area contributed by atoms with Gasteiger partial charge in [-0.05, 0) is 68.6 Å². The molecule has 168 valence electrons. The van der Waals surface area contributed by atoms with Gasteiger partial charge >= 0.3 is 0 Å². The molecule has 1 aliphatic heterocycles. The number of carbonyl (C=O) groups excluding carboxylic acids is 1. The number of anilines is 1. The number of hydrogen-bond acceptors (Lipinski definition) is 4. The summed E-state index contributed by atoms with van der Waals surface area (Å²) in [4.78, 5) is 15.2. The number of piperidine rings is 1. The highest BCUT2D eigenvalue weighted by Crippen LogP contribution is 2.25. The van der Waals surface area contributed by atoms with Gasteiger partial charge in [0.05, 0.1) is 21.2 Å². The zero-order chi connectivity index (χ0) is 22.6. The smallest absolute Gasteiger partial charge is 0.261 e. The van der Waals surface area contributed by atoms with Gasteiger partial charge in [0.2, 0.25) is 0 Å². The predicted octanol–water partition coefficient (Wildman–Crippen LogP) is 4.71. The van der Waals surface area contributed by atoms with Crippen molar-refractivity contribution in [2.45, 2.75) is 44.0 Å². The number of halogens is 2. The maximum absolute atomic E-state index is 12.8. The maximum Gasteiger partial charge on any atom is 0.261 e. The number of hydrogen-bond donors (Lipinski definition) is 2. The highest BCUT2D eigenvalue weighted by molar-refractivity contribution is 7.92. The molecule has 2 aromatic carbocycles. The van der Waals surface area contributed by atoms with E-state index in [1.807, 2.05) is 6.92 Å². The Hall–Kier alpha value is -1.80. The molecule has 0 saturated carbocycles. The molecule has 6 nitrogen and oxygen atoms in total. The van der Waals surface area contributed by atoms with Crippen LogP contribution >= 0.6 is 23.2 Å². The van der Waals surface area contributed by atoms with E-state index < -0.39 is 10.0 Å². The minimum atomic E-state index is -3.92. The van der Waals surface area contributed by atoms with Crippen LogP contribution in [0.4, 0.5) is 5.69 Å². The topological polar surface area (TPSA) is 78.5 Å². The summed E-state index contributed by atoms with van der Waals surface area (Å²) in [6, 6.07) is 9.06. The monoisotopic (exact) mass is 483 g/mol. The fraction of sp³-hybridized carbons (Fsp3) is 0.409. The Kier molecular flexibility index (Phi) is 7.86. The van der Waals surface area contributed by atoms with E-state index >= 15 is 0 Å². The Morgan fingerprint density at radius 1 is 1.10 bits per heavy atom. The van der Waals surface area contributed by atoms with Gasteiger partial charge in [0.15, 0.2) is 0 Å². The molecular weight excluding hydrogens is 457 g/mol. The van der Waals surface area contributed by atoms with Gasteiger partial charge in [-0.2, -0.15) is 0 Å². The number of carbonyl (C=O) groups is 1. The second-order valence-corrected chi connectivity index (χ2v) is 10.3. The van der Waals surface area contributed by atoms with Gasteiger partial charge in [0.25, 0.3) is 15.9 Å². The molecule has 0 aliphatic carbocycles. The molecule has 1 heterocycles. The second kappa shape index (κ2) is 10.2. The van der Waals surface area contributed by atoms with Crippen LogP contribution in [0, 0.1) is 6.92 Å². The van der Waals surface area contributed by atoms with Crippen molar-refractivity contribution in [1.82, 2.24) is 10.2 Å². The summed E-state index contributed by atoms with van der Waals surface area (Å²) in [6.07, 6.45) is 2.82. The van der Waals surface area contributed by atoms with Crippen molar-refractivity contribution in [2.75, 3.05) is 24.4 Å². The largest absolute Gasteiger partial charge is 0.349 e. The van der Waals surface area contributed by atoms with Crippen LogP contribution in [0.25, 0.3) is 0 Å².